The Hall–Kier alpha value is -2.28. The van der Waals surface area contributed by atoms with Crippen LogP contribution in [0.3, 0.4) is 0 Å². The van der Waals surface area contributed by atoms with Crippen LogP contribution in [-0.2, 0) is 6.42 Å². The molecule has 2 aromatic rings. The number of allylic oxidation sites excluding steroid dienone is 1. The van der Waals surface area contributed by atoms with E-state index in [1.807, 2.05) is 30.3 Å². The van der Waals surface area contributed by atoms with E-state index in [1.54, 1.807) is 0 Å². The lowest BCUT2D eigenvalue weighted by atomic mass is 9.99. The third-order valence-corrected chi connectivity index (χ3v) is 3.22. The summed E-state index contributed by atoms with van der Waals surface area (Å²) in [7, 11) is 0. The van der Waals surface area contributed by atoms with Gasteiger partial charge in [0.05, 0.1) is 0 Å². The maximum atomic E-state index is 5.65. The van der Waals surface area contributed by atoms with Gasteiger partial charge in [-0.05, 0) is 35.1 Å². The molecule has 0 fully saturated rings. The van der Waals surface area contributed by atoms with Gasteiger partial charge in [0.15, 0.2) is 0 Å². The van der Waals surface area contributed by atoms with Crippen LogP contribution in [0.25, 0.3) is 11.3 Å². The van der Waals surface area contributed by atoms with E-state index < -0.39 is 0 Å². The average molecular weight is 249 g/mol. The summed E-state index contributed by atoms with van der Waals surface area (Å²) >= 11 is 0. The SMILES string of the molecule is C=C(N)c1ccc(CCC(=C)c2ccccc2)cc1. The predicted octanol–water partition coefficient (Wildman–Crippen LogP) is 4.26. The number of hydrogen-bond donors (Lipinski definition) is 1. The van der Waals surface area contributed by atoms with Gasteiger partial charge in [-0.2, -0.15) is 0 Å². The summed E-state index contributed by atoms with van der Waals surface area (Å²) in [6.07, 6.45) is 1.96. The molecule has 0 aliphatic carbocycles. The molecule has 0 aliphatic rings. The molecule has 19 heavy (non-hydrogen) atoms. The molecule has 0 radical (unpaired) electrons. The zero-order chi connectivity index (χ0) is 13.7. The maximum absolute atomic E-state index is 5.65. The molecule has 1 heteroatoms. The van der Waals surface area contributed by atoms with E-state index in [2.05, 4.69) is 37.4 Å². The third-order valence-electron chi connectivity index (χ3n) is 3.22. The normalized spacial score (nSPS) is 10.1. The number of rotatable bonds is 5. The Morgan fingerprint density at radius 2 is 1.47 bits per heavy atom. The van der Waals surface area contributed by atoms with Crippen LogP contribution in [0.2, 0.25) is 0 Å². The molecule has 96 valence electrons. The number of aryl methyl sites for hydroxylation is 1. The van der Waals surface area contributed by atoms with E-state index in [9.17, 15) is 0 Å². The second-order valence-electron chi connectivity index (χ2n) is 4.69. The molecule has 0 amide bonds. The molecule has 2 N–H and O–H groups in total. The van der Waals surface area contributed by atoms with Crippen molar-refractivity contribution in [3.8, 4) is 0 Å². The fraction of sp³-hybridized carbons (Fsp3) is 0.111. The first kappa shape index (κ1) is 13.2. The molecule has 0 aliphatic heterocycles. The van der Waals surface area contributed by atoms with Gasteiger partial charge in [0, 0.05) is 5.70 Å². The molecule has 0 bridgehead atoms. The van der Waals surface area contributed by atoms with E-state index in [0.29, 0.717) is 5.70 Å². The highest BCUT2D eigenvalue weighted by Gasteiger charge is 2.00. The summed E-state index contributed by atoms with van der Waals surface area (Å²) in [5, 5.41) is 0. The molecule has 0 atom stereocenters. The van der Waals surface area contributed by atoms with Gasteiger partial charge in [0.2, 0.25) is 0 Å². The first-order chi connectivity index (χ1) is 9.16. The van der Waals surface area contributed by atoms with E-state index in [-0.39, 0.29) is 0 Å². The Morgan fingerprint density at radius 1 is 0.842 bits per heavy atom. The van der Waals surface area contributed by atoms with Crippen LogP contribution < -0.4 is 5.73 Å². The lowest BCUT2D eigenvalue weighted by molar-refractivity contribution is 1.02. The van der Waals surface area contributed by atoms with Gasteiger partial charge in [0.1, 0.15) is 0 Å². The number of nitrogens with two attached hydrogens (primary N) is 1. The van der Waals surface area contributed by atoms with Gasteiger partial charge in [-0.1, -0.05) is 67.8 Å². The molecule has 0 saturated carbocycles. The van der Waals surface area contributed by atoms with Crippen molar-refractivity contribution < 1.29 is 0 Å². The lowest BCUT2D eigenvalue weighted by Crippen LogP contribution is -1.94. The van der Waals surface area contributed by atoms with Gasteiger partial charge >= 0.3 is 0 Å². The summed E-state index contributed by atoms with van der Waals surface area (Å²) in [5.41, 5.74) is 10.9. The van der Waals surface area contributed by atoms with Crippen LogP contribution in [0, 0.1) is 0 Å². The van der Waals surface area contributed by atoms with Crippen molar-refractivity contribution in [3.63, 3.8) is 0 Å². The lowest BCUT2D eigenvalue weighted by Gasteiger charge is -2.07. The molecular weight excluding hydrogens is 230 g/mol. The minimum Gasteiger partial charge on any atom is -0.399 e. The zero-order valence-corrected chi connectivity index (χ0v) is 11.1. The van der Waals surface area contributed by atoms with Crippen molar-refractivity contribution in [2.24, 2.45) is 5.73 Å². The van der Waals surface area contributed by atoms with Crippen LogP contribution >= 0.6 is 0 Å². The van der Waals surface area contributed by atoms with Crippen molar-refractivity contribution in [3.05, 3.63) is 84.4 Å². The highest BCUT2D eigenvalue weighted by molar-refractivity contribution is 5.63. The Kier molecular flexibility index (Phi) is 4.19. The molecule has 1 nitrogen and oxygen atoms in total. The van der Waals surface area contributed by atoms with Crippen LogP contribution in [0.4, 0.5) is 0 Å². The Labute approximate surface area is 115 Å². The summed E-state index contributed by atoms with van der Waals surface area (Å²) in [5.74, 6) is 0. The maximum Gasteiger partial charge on any atom is 0.0314 e. The minimum atomic E-state index is 0.611. The first-order valence-corrected chi connectivity index (χ1v) is 6.43. The van der Waals surface area contributed by atoms with E-state index in [1.165, 1.54) is 16.7 Å². The summed E-state index contributed by atoms with van der Waals surface area (Å²) in [4.78, 5) is 0. The second-order valence-corrected chi connectivity index (χ2v) is 4.69. The van der Waals surface area contributed by atoms with Crippen molar-refractivity contribution in [1.29, 1.82) is 0 Å². The van der Waals surface area contributed by atoms with Gasteiger partial charge in [-0.25, -0.2) is 0 Å². The average Bonchev–Trinajstić information content (AvgIpc) is 2.46. The standard InChI is InChI=1S/C18H19N/c1-14(17-6-4-3-5-7-17)8-9-16-10-12-18(13-11-16)15(2)19/h3-7,10-13H,1-2,8-9,19H2. The highest BCUT2D eigenvalue weighted by Crippen LogP contribution is 2.19. The molecule has 0 aromatic heterocycles. The highest BCUT2D eigenvalue weighted by atomic mass is 14.6. The van der Waals surface area contributed by atoms with E-state index in [4.69, 9.17) is 5.73 Å². The largest absolute Gasteiger partial charge is 0.399 e. The fourth-order valence-electron chi connectivity index (χ4n) is 2.00. The Bertz CT molecular complexity index is 564. The van der Waals surface area contributed by atoms with E-state index in [0.717, 1.165) is 18.4 Å². The van der Waals surface area contributed by atoms with Gasteiger partial charge < -0.3 is 5.73 Å². The zero-order valence-electron chi connectivity index (χ0n) is 11.1. The molecular formula is C18H19N. The van der Waals surface area contributed by atoms with Crippen LogP contribution in [0.15, 0.2) is 67.8 Å². The Balaban J connectivity index is 1.95. The van der Waals surface area contributed by atoms with Gasteiger partial charge in [-0.3, -0.25) is 0 Å². The Morgan fingerprint density at radius 3 is 2.05 bits per heavy atom. The summed E-state index contributed by atoms with van der Waals surface area (Å²) in [6.45, 7) is 7.88. The van der Waals surface area contributed by atoms with Gasteiger partial charge in [0.25, 0.3) is 0 Å². The monoisotopic (exact) mass is 249 g/mol. The molecule has 0 saturated heterocycles. The smallest absolute Gasteiger partial charge is 0.0314 e. The summed E-state index contributed by atoms with van der Waals surface area (Å²) in [6, 6.07) is 18.6. The fourth-order valence-corrected chi connectivity index (χ4v) is 2.00. The third kappa shape index (κ3) is 3.59. The van der Waals surface area contributed by atoms with Crippen LogP contribution in [0.5, 0.6) is 0 Å². The first-order valence-electron chi connectivity index (χ1n) is 6.43. The van der Waals surface area contributed by atoms with Gasteiger partial charge in [-0.15, -0.1) is 0 Å². The minimum absolute atomic E-state index is 0.611. The topological polar surface area (TPSA) is 26.0 Å². The van der Waals surface area contributed by atoms with E-state index >= 15 is 0 Å². The van der Waals surface area contributed by atoms with Crippen molar-refractivity contribution >= 4 is 11.3 Å². The summed E-state index contributed by atoms with van der Waals surface area (Å²) < 4.78 is 0. The molecule has 2 aromatic carbocycles. The number of benzene rings is 2. The van der Waals surface area contributed by atoms with Crippen molar-refractivity contribution in [1.82, 2.24) is 0 Å². The van der Waals surface area contributed by atoms with Crippen LogP contribution in [0.1, 0.15) is 23.1 Å². The van der Waals surface area contributed by atoms with Crippen molar-refractivity contribution in [2.45, 2.75) is 12.8 Å². The number of hydrogen-bond acceptors (Lipinski definition) is 1. The molecule has 0 heterocycles. The molecule has 2 rings (SSSR count). The quantitative estimate of drug-likeness (QED) is 0.841. The predicted molar refractivity (Wildman–Crippen MR) is 83.5 cm³/mol. The van der Waals surface area contributed by atoms with Crippen LogP contribution in [-0.4, -0.2) is 0 Å². The second kappa shape index (κ2) is 6.05. The molecule has 0 unspecified atom stereocenters. The molecule has 0 spiro atoms. The van der Waals surface area contributed by atoms with Crippen molar-refractivity contribution in [2.75, 3.05) is 0 Å².